The van der Waals surface area contributed by atoms with Gasteiger partial charge in [-0.05, 0) is 37.1 Å². The predicted molar refractivity (Wildman–Crippen MR) is 75.6 cm³/mol. The van der Waals surface area contributed by atoms with Gasteiger partial charge in [0.1, 0.15) is 0 Å². The topological polar surface area (TPSA) is 24.9 Å². The summed E-state index contributed by atoms with van der Waals surface area (Å²) in [4.78, 5) is 4.31. The van der Waals surface area contributed by atoms with Crippen molar-refractivity contribution in [2.45, 2.75) is 26.8 Å². The molecule has 1 heterocycles. The van der Waals surface area contributed by atoms with Crippen LogP contribution in [0.25, 0.3) is 0 Å². The maximum atomic E-state index is 4.31. The van der Waals surface area contributed by atoms with E-state index in [2.05, 4.69) is 48.4 Å². The molecule has 0 radical (unpaired) electrons. The number of hydrogen-bond donors (Lipinski definition) is 1. The third kappa shape index (κ3) is 3.67. The first kappa shape index (κ1) is 12.8. The second-order valence-corrected chi connectivity index (χ2v) is 4.68. The lowest BCUT2D eigenvalue weighted by molar-refractivity contribution is 0.677. The third-order valence-corrected chi connectivity index (χ3v) is 3.10. The van der Waals surface area contributed by atoms with Crippen molar-refractivity contribution in [1.29, 1.82) is 0 Å². The van der Waals surface area contributed by atoms with Gasteiger partial charge in [-0.25, -0.2) is 0 Å². The number of nitrogens with zero attached hydrogens (tertiary/aromatic N) is 1. The fourth-order valence-electron chi connectivity index (χ4n) is 2.03. The summed E-state index contributed by atoms with van der Waals surface area (Å²) < 4.78 is 0. The van der Waals surface area contributed by atoms with Crippen molar-refractivity contribution < 1.29 is 0 Å². The highest BCUT2D eigenvalue weighted by atomic mass is 14.9. The van der Waals surface area contributed by atoms with E-state index in [4.69, 9.17) is 0 Å². The molecule has 0 aliphatic rings. The second kappa shape index (κ2) is 6.31. The Kier molecular flexibility index (Phi) is 4.48. The fraction of sp³-hybridized carbons (Fsp3) is 0.312. The molecular weight excluding hydrogens is 220 g/mol. The first-order chi connectivity index (χ1) is 8.75. The van der Waals surface area contributed by atoms with Gasteiger partial charge in [0.05, 0.1) is 0 Å². The molecule has 2 rings (SSSR count). The standard InChI is InChI=1S/C16H20N2/c1-13-6-7-15(14(2)11-13)12-17-10-8-16-5-3-4-9-18-16/h3-7,9,11,17H,8,10,12H2,1-2H3. The Morgan fingerprint density at radius 1 is 1.11 bits per heavy atom. The highest BCUT2D eigenvalue weighted by Gasteiger charge is 1.98. The summed E-state index contributed by atoms with van der Waals surface area (Å²) in [5.41, 5.74) is 5.21. The highest BCUT2D eigenvalue weighted by molar-refractivity contribution is 5.30. The Bertz CT molecular complexity index is 492. The van der Waals surface area contributed by atoms with E-state index in [0.29, 0.717) is 0 Å². The van der Waals surface area contributed by atoms with Gasteiger partial charge in [0.2, 0.25) is 0 Å². The van der Waals surface area contributed by atoms with Crippen LogP contribution in [0.4, 0.5) is 0 Å². The molecular formula is C16H20N2. The average Bonchev–Trinajstić information content (AvgIpc) is 2.38. The lowest BCUT2D eigenvalue weighted by Crippen LogP contribution is -2.17. The van der Waals surface area contributed by atoms with Crippen LogP contribution in [0.5, 0.6) is 0 Å². The average molecular weight is 240 g/mol. The van der Waals surface area contributed by atoms with Crippen LogP contribution >= 0.6 is 0 Å². The van der Waals surface area contributed by atoms with Crippen molar-refractivity contribution in [3.05, 3.63) is 65.0 Å². The van der Waals surface area contributed by atoms with Crippen molar-refractivity contribution >= 4 is 0 Å². The van der Waals surface area contributed by atoms with Crippen LogP contribution < -0.4 is 5.32 Å². The smallest absolute Gasteiger partial charge is 0.0416 e. The minimum atomic E-state index is 0.930. The molecule has 0 amide bonds. The summed E-state index contributed by atoms with van der Waals surface area (Å²) in [6, 6.07) is 12.7. The highest BCUT2D eigenvalue weighted by Crippen LogP contribution is 2.09. The van der Waals surface area contributed by atoms with E-state index in [1.54, 1.807) is 0 Å². The molecule has 1 N–H and O–H groups in total. The molecule has 1 aromatic heterocycles. The van der Waals surface area contributed by atoms with Crippen molar-refractivity contribution in [3.63, 3.8) is 0 Å². The molecule has 0 saturated carbocycles. The summed E-state index contributed by atoms with van der Waals surface area (Å²) in [7, 11) is 0. The summed E-state index contributed by atoms with van der Waals surface area (Å²) >= 11 is 0. The summed E-state index contributed by atoms with van der Waals surface area (Å²) in [5, 5.41) is 3.47. The van der Waals surface area contributed by atoms with Gasteiger partial charge >= 0.3 is 0 Å². The molecule has 94 valence electrons. The second-order valence-electron chi connectivity index (χ2n) is 4.68. The number of nitrogens with one attached hydrogen (secondary N) is 1. The largest absolute Gasteiger partial charge is 0.312 e. The van der Waals surface area contributed by atoms with Crippen LogP contribution in [0, 0.1) is 13.8 Å². The van der Waals surface area contributed by atoms with E-state index in [1.165, 1.54) is 16.7 Å². The number of rotatable bonds is 5. The van der Waals surface area contributed by atoms with Gasteiger partial charge in [-0.15, -0.1) is 0 Å². The predicted octanol–water partition coefficient (Wildman–Crippen LogP) is 3.03. The number of aromatic nitrogens is 1. The molecule has 0 atom stereocenters. The molecule has 0 aliphatic carbocycles. The normalized spacial score (nSPS) is 10.6. The van der Waals surface area contributed by atoms with Crippen LogP contribution in [-0.2, 0) is 13.0 Å². The first-order valence-electron chi connectivity index (χ1n) is 6.42. The Hall–Kier alpha value is -1.67. The maximum Gasteiger partial charge on any atom is 0.0416 e. The number of hydrogen-bond acceptors (Lipinski definition) is 2. The minimum absolute atomic E-state index is 0.930. The molecule has 0 unspecified atom stereocenters. The molecule has 2 heteroatoms. The van der Waals surface area contributed by atoms with Crippen molar-refractivity contribution in [1.82, 2.24) is 10.3 Å². The van der Waals surface area contributed by atoms with Gasteiger partial charge < -0.3 is 5.32 Å². The molecule has 18 heavy (non-hydrogen) atoms. The van der Waals surface area contributed by atoms with Crippen molar-refractivity contribution in [2.75, 3.05) is 6.54 Å². The van der Waals surface area contributed by atoms with E-state index < -0.39 is 0 Å². The van der Waals surface area contributed by atoms with E-state index >= 15 is 0 Å². The zero-order valence-corrected chi connectivity index (χ0v) is 11.1. The lowest BCUT2D eigenvalue weighted by Gasteiger charge is -2.08. The van der Waals surface area contributed by atoms with Crippen LogP contribution in [-0.4, -0.2) is 11.5 Å². The third-order valence-electron chi connectivity index (χ3n) is 3.10. The van der Waals surface area contributed by atoms with E-state index in [-0.39, 0.29) is 0 Å². The summed E-state index contributed by atoms with van der Waals surface area (Å²) in [6.45, 7) is 6.19. The van der Waals surface area contributed by atoms with Crippen LogP contribution in [0.2, 0.25) is 0 Å². The minimum Gasteiger partial charge on any atom is -0.312 e. The molecule has 0 aliphatic heterocycles. The number of benzene rings is 1. The van der Waals surface area contributed by atoms with E-state index in [1.807, 2.05) is 18.3 Å². The number of aryl methyl sites for hydroxylation is 2. The molecule has 0 spiro atoms. The van der Waals surface area contributed by atoms with Crippen molar-refractivity contribution in [3.8, 4) is 0 Å². The van der Waals surface area contributed by atoms with Gasteiger partial charge in [-0.1, -0.05) is 29.8 Å². The number of pyridine rings is 1. The van der Waals surface area contributed by atoms with Gasteiger partial charge in [-0.3, -0.25) is 4.98 Å². The molecule has 2 aromatic rings. The Morgan fingerprint density at radius 2 is 2.00 bits per heavy atom. The van der Waals surface area contributed by atoms with Crippen LogP contribution in [0.15, 0.2) is 42.6 Å². The molecule has 0 saturated heterocycles. The van der Waals surface area contributed by atoms with E-state index in [9.17, 15) is 0 Å². The lowest BCUT2D eigenvalue weighted by atomic mass is 10.1. The zero-order chi connectivity index (χ0) is 12.8. The monoisotopic (exact) mass is 240 g/mol. The Morgan fingerprint density at radius 3 is 2.72 bits per heavy atom. The Balaban J connectivity index is 1.79. The van der Waals surface area contributed by atoms with Crippen LogP contribution in [0.1, 0.15) is 22.4 Å². The molecule has 0 bridgehead atoms. The SMILES string of the molecule is Cc1ccc(CNCCc2ccccn2)c(C)c1. The van der Waals surface area contributed by atoms with Gasteiger partial charge in [-0.2, -0.15) is 0 Å². The maximum absolute atomic E-state index is 4.31. The quantitative estimate of drug-likeness (QED) is 0.813. The molecule has 1 aromatic carbocycles. The fourth-order valence-corrected chi connectivity index (χ4v) is 2.03. The summed E-state index contributed by atoms with van der Waals surface area (Å²) in [5.74, 6) is 0. The van der Waals surface area contributed by atoms with Crippen molar-refractivity contribution in [2.24, 2.45) is 0 Å². The van der Waals surface area contributed by atoms with E-state index in [0.717, 1.165) is 25.2 Å². The zero-order valence-electron chi connectivity index (χ0n) is 11.1. The van der Waals surface area contributed by atoms with Gasteiger partial charge in [0.15, 0.2) is 0 Å². The van der Waals surface area contributed by atoms with Gasteiger partial charge in [0.25, 0.3) is 0 Å². The summed E-state index contributed by atoms with van der Waals surface area (Å²) in [6.07, 6.45) is 2.82. The van der Waals surface area contributed by atoms with Crippen LogP contribution in [0.3, 0.4) is 0 Å². The first-order valence-corrected chi connectivity index (χ1v) is 6.42. The Labute approximate surface area is 109 Å². The molecule has 2 nitrogen and oxygen atoms in total. The molecule has 0 fully saturated rings. The van der Waals surface area contributed by atoms with Gasteiger partial charge in [0, 0.05) is 31.4 Å².